The molecule has 3 N–H and O–H groups in total. The second kappa shape index (κ2) is 10.6. The number of carbonyl (C=O) groups is 3. The molecule has 5 rings (SSSR count). The zero-order valence-corrected chi connectivity index (χ0v) is 22.9. The summed E-state index contributed by atoms with van der Waals surface area (Å²) in [6.07, 6.45) is 1.45. The number of aliphatic hydroxyl groups excluding tert-OH is 1. The predicted octanol–water partition coefficient (Wildman–Crippen LogP) is 3.58. The third-order valence-corrected chi connectivity index (χ3v) is 10.3. The van der Waals surface area contributed by atoms with E-state index in [1.807, 2.05) is 54.6 Å². The van der Waals surface area contributed by atoms with Crippen molar-refractivity contribution in [3.8, 4) is 0 Å². The number of nitrogens with zero attached hydrogens (tertiary/aromatic N) is 2. The molecule has 3 aliphatic heterocycles. The number of thioether (sulfide) groups is 1. The van der Waals surface area contributed by atoms with E-state index in [0.717, 1.165) is 25.2 Å². The number of anilines is 3. The monoisotopic (exact) mass is 536 g/mol. The summed E-state index contributed by atoms with van der Waals surface area (Å²) in [5, 5.41) is 16.0. The summed E-state index contributed by atoms with van der Waals surface area (Å²) >= 11 is 1.62. The molecule has 8 nitrogen and oxygen atoms in total. The quantitative estimate of drug-likeness (QED) is 0.453. The van der Waals surface area contributed by atoms with Crippen molar-refractivity contribution in [1.82, 2.24) is 4.90 Å². The molecule has 3 fully saturated rings. The normalized spacial score (nSPS) is 28.2. The first-order valence-corrected chi connectivity index (χ1v) is 14.3. The fourth-order valence-corrected chi connectivity index (χ4v) is 8.76. The Morgan fingerprint density at radius 2 is 1.68 bits per heavy atom. The van der Waals surface area contributed by atoms with Gasteiger partial charge >= 0.3 is 0 Å². The van der Waals surface area contributed by atoms with Crippen LogP contribution in [0.1, 0.15) is 33.6 Å². The molecule has 2 aromatic carbocycles. The minimum Gasteiger partial charge on any atom is -0.394 e. The summed E-state index contributed by atoms with van der Waals surface area (Å²) in [7, 11) is 0. The summed E-state index contributed by atoms with van der Waals surface area (Å²) in [5.74, 6) is -1.80. The molecular formula is C29H36N4O4S. The summed E-state index contributed by atoms with van der Waals surface area (Å²) < 4.78 is -0.699. The molecule has 38 heavy (non-hydrogen) atoms. The molecule has 3 amide bonds. The number of amides is 3. The number of para-hydroxylation sites is 1. The third kappa shape index (κ3) is 4.35. The Kier molecular flexibility index (Phi) is 7.42. The molecule has 202 valence electrons. The van der Waals surface area contributed by atoms with E-state index in [1.54, 1.807) is 23.6 Å². The topological polar surface area (TPSA) is 102 Å². The van der Waals surface area contributed by atoms with Crippen LogP contribution in [0.15, 0.2) is 54.6 Å². The van der Waals surface area contributed by atoms with E-state index in [2.05, 4.69) is 29.4 Å². The lowest BCUT2D eigenvalue weighted by Gasteiger charge is -2.36. The van der Waals surface area contributed by atoms with Crippen molar-refractivity contribution in [1.29, 1.82) is 0 Å². The number of nitrogens with one attached hydrogen (secondary N) is 2. The van der Waals surface area contributed by atoms with Crippen LogP contribution in [-0.4, -0.2) is 69.5 Å². The molecule has 9 heteroatoms. The van der Waals surface area contributed by atoms with Gasteiger partial charge in [-0.25, -0.2) is 0 Å². The largest absolute Gasteiger partial charge is 0.394 e. The highest BCUT2D eigenvalue weighted by Crippen LogP contribution is 2.66. The van der Waals surface area contributed by atoms with Gasteiger partial charge in [-0.3, -0.25) is 14.4 Å². The van der Waals surface area contributed by atoms with Crippen LogP contribution in [0.25, 0.3) is 0 Å². The van der Waals surface area contributed by atoms with Crippen molar-refractivity contribution >= 4 is 46.5 Å². The Bertz CT molecular complexity index is 1190. The van der Waals surface area contributed by atoms with E-state index in [1.165, 1.54) is 0 Å². The van der Waals surface area contributed by atoms with E-state index < -0.39 is 28.7 Å². The molecular weight excluding hydrogens is 500 g/mol. The summed E-state index contributed by atoms with van der Waals surface area (Å²) in [5.41, 5.74) is 2.43. The van der Waals surface area contributed by atoms with Crippen molar-refractivity contribution in [3.05, 3.63) is 54.6 Å². The highest BCUT2D eigenvalue weighted by Gasteiger charge is 2.74. The zero-order chi connectivity index (χ0) is 27.0. The predicted molar refractivity (Wildman–Crippen MR) is 151 cm³/mol. The number of rotatable bonds is 9. The second-order valence-electron chi connectivity index (χ2n) is 10.4. The highest BCUT2D eigenvalue weighted by molar-refractivity contribution is 8.02. The van der Waals surface area contributed by atoms with Gasteiger partial charge in [0, 0.05) is 35.4 Å². The smallest absolute Gasteiger partial charge is 0.248 e. The van der Waals surface area contributed by atoms with Crippen LogP contribution < -0.4 is 15.5 Å². The van der Waals surface area contributed by atoms with E-state index in [4.69, 9.17) is 0 Å². The lowest BCUT2D eigenvalue weighted by atomic mass is 9.70. The average Bonchev–Trinajstić information content (AvgIpc) is 3.57. The molecule has 2 bridgehead atoms. The first-order chi connectivity index (χ1) is 18.3. The molecule has 3 aliphatic rings. The number of likely N-dealkylation sites (tertiary alicyclic amines) is 1. The van der Waals surface area contributed by atoms with E-state index >= 15 is 0 Å². The van der Waals surface area contributed by atoms with Crippen molar-refractivity contribution in [3.63, 3.8) is 0 Å². The molecule has 0 aromatic heterocycles. The number of hydrogen-bond acceptors (Lipinski definition) is 6. The molecule has 1 spiro atoms. The molecule has 6 atom stereocenters. The second-order valence-corrected chi connectivity index (χ2v) is 12.0. The van der Waals surface area contributed by atoms with Crippen molar-refractivity contribution in [2.24, 2.45) is 11.8 Å². The Morgan fingerprint density at radius 1 is 1.05 bits per heavy atom. The maximum Gasteiger partial charge on any atom is 0.248 e. The van der Waals surface area contributed by atoms with Crippen molar-refractivity contribution in [2.75, 3.05) is 35.2 Å². The van der Waals surface area contributed by atoms with E-state index in [9.17, 15) is 19.5 Å². The van der Waals surface area contributed by atoms with Crippen LogP contribution >= 0.6 is 11.8 Å². The van der Waals surface area contributed by atoms with Crippen LogP contribution in [0.2, 0.25) is 0 Å². The van der Waals surface area contributed by atoms with Crippen LogP contribution in [0.4, 0.5) is 17.1 Å². The van der Waals surface area contributed by atoms with Crippen LogP contribution in [0.5, 0.6) is 0 Å². The minimum atomic E-state index is -0.769. The highest BCUT2D eigenvalue weighted by atomic mass is 32.2. The first-order valence-electron chi connectivity index (χ1n) is 13.5. The summed E-state index contributed by atoms with van der Waals surface area (Å²) in [6, 6.07) is 15.7. The Labute approximate surface area is 228 Å². The van der Waals surface area contributed by atoms with Crippen LogP contribution in [0, 0.1) is 11.8 Å². The molecule has 3 saturated heterocycles. The van der Waals surface area contributed by atoms with Gasteiger partial charge < -0.3 is 25.5 Å². The first kappa shape index (κ1) is 26.6. The van der Waals surface area contributed by atoms with Gasteiger partial charge in [0.1, 0.15) is 6.04 Å². The van der Waals surface area contributed by atoms with Crippen LogP contribution in [0.3, 0.4) is 0 Å². The maximum atomic E-state index is 13.9. The SMILES string of the molecule is CCN(CC)c1ccc(NC(=O)C2N([C@H](C)CO)C(=O)[C@@H]3[C@H](C(=O)Nc4ccccc4)[C@@H]4CCC23S4)cc1. The molecule has 0 saturated carbocycles. The summed E-state index contributed by atoms with van der Waals surface area (Å²) in [4.78, 5) is 45.1. The molecule has 3 heterocycles. The lowest BCUT2D eigenvalue weighted by molar-refractivity contribution is -0.140. The van der Waals surface area contributed by atoms with Crippen molar-refractivity contribution in [2.45, 2.75) is 55.7 Å². The number of benzene rings is 2. The van der Waals surface area contributed by atoms with Gasteiger partial charge in [-0.2, -0.15) is 0 Å². The van der Waals surface area contributed by atoms with Gasteiger partial charge in [0.15, 0.2) is 0 Å². The van der Waals surface area contributed by atoms with Gasteiger partial charge in [0.05, 0.1) is 29.2 Å². The molecule has 2 unspecified atom stereocenters. The van der Waals surface area contributed by atoms with E-state index in [-0.39, 0.29) is 29.6 Å². The van der Waals surface area contributed by atoms with E-state index in [0.29, 0.717) is 17.8 Å². The minimum absolute atomic E-state index is 0.0251. The zero-order valence-electron chi connectivity index (χ0n) is 22.1. The maximum absolute atomic E-state index is 13.9. The van der Waals surface area contributed by atoms with Gasteiger partial charge in [0.2, 0.25) is 17.7 Å². The van der Waals surface area contributed by atoms with Crippen LogP contribution in [-0.2, 0) is 14.4 Å². The number of carbonyl (C=O) groups excluding carboxylic acids is 3. The average molecular weight is 537 g/mol. The standard InChI is InChI=1S/C29H36N4O4S/c1-4-32(5-2)21-13-11-20(12-14-21)31-27(36)25-29-16-15-22(38-29)23(24(29)28(37)33(25)18(3)17-34)26(35)30-19-9-7-6-8-10-19/h6-14,18,22-25,34H,4-5,15-17H2,1-3H3,(H,30,35)(H,31,36)/t18-,22+,23-,24+,25?,29?/m1/s1. The Hall–Kier alpha value is -3.04. The van der Waals surface area contributed by atoms with Gasteiger partial charge in [-0.05, 0) is 70.0 Å². The molecule has 2 aromatic rings. The van der Waals surface area contributed by atoms with Gasteiger partial charge in [0.25, 0.3) is 0 Å². The number of hydrogen-bond donors (Lipinski definition) is 3. The van der Waals surface area contributed by atoms with Crippen molar-refractivity contribution < 1.29 is 19.5 Å². The van der Waals surface area contributed by atoms with Gasteiger partial charge in [-0.15, -0.1) is 11.8 Å². The number of aliphatic hydroxyl groups is 1. The summed E-state index contributed by atoms with van der Waals surface area (Å²) in [6.45, 7) is 7.48. The third-order valence-electron chi connectivity index (χ3n) is 8.33. The van der Waals surface area contributed by atoms with Gasteiger partial charge in [-0.1, -0.05) is 18.2 Å². The Balaban J connectivity index is 1.42. The molecule has 0 aliphatic carbocycles. The molecule has 0 radical (unpaired) electrons. The number of fused-ring (bicyclic) bond motifs is 1. The Morgan fingerprint density at radius 3 is 2.32 bits per heavy atom. The lowest BCUT2D eigenvalue weighted by Crippen LogP contribution is -2.54. The fraction of sp³-hybridized carbons (Fsp3) is 0.483. The fourth-order valence-electron chi connectivity index (χ4n) is 6.56.